The third kappa shape index (κ3) is 6.82. The summed E-state index contributed by atoms with van der Waals surface area (Å²) in [4.78, 5) is 16.7. The van der Waals surface area contributed by atoms with Crippen LogP contribution in [0.5, 0.6) is 23.1 Å². The van der Waals surface area contributed by atoms with Crippen molar-refractivity contribution in [1.29, 1.82) is 0 Å². The third-order valence-corrected chi connectivity index (χ3v) is 5.08. The molecule has 35 heavy (non-hydrogen) atoms. The lowest BCUT2D eigenvalue weighted by atomic mass is 10.1. The van der Waals surface area contributed by atoms with E-state index < -0.39 is 39.1 Å². The lowest BCUT2D eigenvalue weighted by Gasteiger charge is -2.17. The van der Waals surface area contributed by atoms with E-state index in [9.17, 15) is 26.4 Å². The summed E-state index contributed by atoms with van der Waals surface area (Å²) in [6.07, 6.45) is 0.982. The molecule has 0 saturated heterocycles. The van der Waals surface area contributed by atoms with Gasteiger partial charge in [0.15, 0.2) is 11.5 Å². The van der Waals surface area contributed by atoms with Crippen LogP contribution in [0.15, 0.2) is 58.8 Å². The molecule has 0 unspecified atom stereocenters. The lowest BCUT2D eigenvalue weighted by Crippen LogP contribution is -2.26. The number of carbonyl (C=O) groups is 1. The van der Waals surface area contributed by atoms with Crippen molar-refractivity contribution in [1.82, 2.24) is 10.3 Å². The molecule has 0 spiro atoms. The number of methoxy groups -OCH3 is 2. The Bertz CT molecular complexity index is 1330. The molecular weight excluding hydrogens is 491 g/mol. The number of allylic oxidation sites excluding steroid dienone is 4. The Morgan fingerprint density at radius 2 is 1.89 bits per heavy atom. The van der Waals surface area contributed by atoms with Gasteiger partial charge in [0.1, 0.15) is 11.3 Å². The normalized spacial score (nSPS) is 14.9. The molecule has 1 heterocycles. The predicted octanol–water partition coefficient (Wildman–Crippen LogP) is 3.88. The Labute approximate surface area is 199 Å². The number of halogens is 3. The second-order valence-electron chi connectivity index (χ2n) is 7.19. The standard InChI is InChI=1S/C22H20F3N3O6S/c1-32-16-7-8-18(19(11-16)33-2)34-21-17(9-13(12-26-21)22(23,24)25)20(29)27-14-5-4-6-15(10-14)28-35(3,30)31/h4-9,11-12H,10H2,1-3H3,(H,27,29). The van der Waals surface area contributed by atoms with E-state index in [0.717, 1.165) is 6.26 Å². The zero-order chi connectivity index (χ0) is 25.8. The van der Waals surface area contributed by atoms with Crippen molar-refractivity contribution in [3.8, 4) is 23.1 Å². The van der Waals surface area contributed by atoms with Gasteiger partial charge in [-0.25, -0.2) is 13.4 Å². The minimum atomic E-state index is -4.76. The number of hydrogen-bond donors (Lipinski definition) is 1. The number of nitrogens with one attached hydrogen (secondary N) is 1. The van der Waals surface area contributed by atoms with Crippen LogP contribution in [0.25, 0.3) is 0 Å². The van der Waals surface area contributed by atoms with Crippen LogP contribution in [-0.2, 0) is 16.2 Å². The number of hydrogen-bond acceptors (Lipinski definition) is 7. The van der Waals surface area contributed by atoms with Gasteiger partial charge in [0.25, 0.3) is 5.91 Å². The molecule has 0 atom stereocenters. The molecule has 13 heteroatoms. The maximum Gasteiger partial charge on any atom is 0.417 e. The summed E-state index contributed by atoms with van der Waals surface area (Å²) in [7, 11) is -0.886. The average Bonchev–Trinajstić information content (AvgIpc) is 2.77. The van der Waals surface area contributed by atoms with Crippen LogP contribution >= 0.6 is 0 Å². The van der Waals surface area contributed by atoms with E-state index in [2.05, 4.69) is 14.7 Å². The van der Waals surface area contributed by atoms with E-state index in [1.165, 1.54) is 50.6 Å². The first-order valence-electron chi connectivity index (χ1n) is 9.84. The molecule has 1 N–H and O–H groups in total. The topological polar surface area (TPSA) is 116 Å². The van der Waals surface area contributed by atoms with Crippen LogP contribution in [0.1, 0.15) is 22.3 Å². The van der Waals surface area contributed by atoms with Gasteiger partial charge < -0.3 is 19.5 Å². The minimum absolute atomic E-state index is 0.0653. The Morgan fingerprint density at radius 3 is 2.51 bits per heavy atom. The first kappa shape index (κ1) is 25.7. The summed E-state index contributed by atoms with van der Waals surface area (Å²) in [5.74, 6) is -0.644. The number of carbonyl (C=O) groups excluding carboxylic acids is 1. The van der Waals surface area contributed by atoms with Gasteiger partial charge in [-0.2, -0.15) is 17.6 Å². The highest BCUT2D eigenvalue weighted by molar-refractivity contribution is 7.89. The zero-order valence-electron chi connectivity index (χ0n) is 18.7. The number of amides is 1. The first-order chi connectivity index (χ1) is 16.4. The summed E-state index contributed by atoms with van der Waals surface area (Å²) in [6, 6.07) is 5.07. The molecular formula is C22H20F3N3O6S. The fourth-order valence-corrected chi connectivity index (χ4v) is 3.53. The highest BCUT2D eigenvalue weighted by Crippen LogP contribution is 2.37. The molecule has 1 aromatic carbocycles. The van der Waals surface area contributed by atoms with Crippen LogP contribution in [0.4, 0.5) is 13.2 Å². The number of pyridine rings is 1. The summed E-state index contributed by atoms with van der Waals surface area (Å²) < 4.78 is 82.3. The number of rotatable bonds is 7. The maximum absolute atomic E-state index is 13.3. The van der Waals surface area contributed by atoms with Crippen molar-refractivity contribution in [2.75, 3.05) is 20.5 Å². The number of benzene rings is 1. The molecule has 0 fully saturated rings. The predicted molar refractivity (Wildman–Crippen MR) is 120 cm³/mol. The molecule has 2 aromatic rings. The number of alkyl halides is 3. The number of nitrogens with zero attached hydrogens (tertiary/aromatic N) is 2. The van der Waals surface area contributed by atoms with Gasteiger partial charge in [0, 0.05) is 24.4 Å². The van der Waals surface area contributed by atoms with E-state index >= 15 is 0 Å². The van der Waals surface area contributed by atoms with Crippen molar-refractivity contribution < 1.29 is 40.6 Å². The SMILES string of the molecule is COc1ccc(Oc2ncc(C(F)(F)F)cc2C(=O)NC2=CC=CC(=NS(C)(=O)=O)C2)c(OC)c1. The largest absolute Gasteiger partial charge is 0.497 e. The Morgan fingerprint density at radius 1 is 1.14 bits per heavy atom. The van der Waals surface area contributed by atoms with Crippen LogP contribution in [0, 0.1) is 0 Å². The van der Waals surface area contributed by atoms with Gasteiger partial charge >= 0.3 is 6.18 Å². The molecule has 1 aromatic heterocycles. The molecule has 0 saturated carbocycles. The highest BCUT2D eigenvalue weighted by Gasteiger charge is 2.33. The second-order valence-corrected chi connectivity index (χ2v) is 8.84. The molecule has 3 rings (SSSR count). The quantitative estimate of drug-likeness (QED) is 0.600. The van der Waals surface area contributed by atoms with Crippen molar-refractivity contribution in [2.24, 2.45) is 4.40 Å². The molecule has 0 aliphatic heterocycles. The van der Waals surface area contributed by atoms with Crippen molar-refractivity contribution in [3.05, 3.63) is 65.5 Å². The number of sulfonamides is 1. The fraction of sp³-hybridized carbons (Fsp3) is 0.227. The molecule has 0 bridgehead atoms. The number of ether oxygens (including phenoxy) is 3. The maximum atomic E-state index is 13.3. The van der Waals surface area contributed by atoms with E-state index in [1.54, 1.807) is 0 Å². The van der Waals surface area contributed by atoms with E-state index in [4.69, 9.17) is 14.2 Å². The fourth-order valence-electron chi connectivity index (χ4n) is 2.98. The first-order valence-corrected chi connectivity index (χ1v) is 11.7. The van der Waals surface area contributed by atoms with Crippen LogP contribution < -0.4 is 19.5 Å². The van der Waals surface area contributed by atoms with Crippen LogP contribution in [0.2, 0.25) is 0 Å². The molecule has 0 radical (unpaired) electrons. The molecule has 1 amide bonds. The molecule has 186 valence electrons. The van der Waals surface area contributed by atoms with E-state index in [1.807, 2.05) is 0 Å². The molecule has 9 nitrogen and oxygen atoms in total. The van der Waals surface area contributed by atoms with Gasteiger partial charge in [0.2, 0.25) is 15.9 Å². The summed E-state index contributed by atoms with van der Waals surface area (Å²) >= 11 is 0. The van der Waals surface area contributed by atoms with Crippen molar-refractivity contribution in [3.63, 3.8) is 0 Å². The summed E-state index contributed by atoms with van der Waals surface area (Å²) in [6.45, 7) is 0. The van der Waals surface area contributed by atoms with Crippen molar-refractivity contribution >= 4 is 21.6 Å². The molecule has 1 aliphatic rings. The zero-order valence-corrected chi connectivity index (χ0v) is 19.5. The van der Waals surface area contributed by atoms with Crippen LogP contribution in [-0.4, -0.2) is 45.5 Å². The van der Waals surface area contributed by atoms with Gasteiger partial charge in [-0.1, -0.05) is 6.08 Å². The van der Waals surface area contributed by atoms with Gasteiger partial charge in [0.05, 0.1) is 31.8 Å². The Balaban J connectivity index is 1.95. The smallest absolute Gasteiger partial charge is 0.417 e. The summed E-state index contributed by atoms with van der Waals surface area (Å²) in [5, 5.41) is 2.46. The average molecular weight is 511 g/mol. The third-order valence-electron chi connectivity index (χ3n) is 4.52. The number of aromatic nitrogens is 1. The monoisotopic (exact) mass is 511 g/mol. The minimum Gasteiger partial charge on any atom is -0.497 e. The lowest BCUT2D eigenvalue weighted by molar-refractivity contribution is -0.137. The molecule has 1 aliphatic carbocycles. The van der Waals surface area contributed by atoms with Crippen molar-refractivity contribution in [2.45, 2.75) is 12.6 Å². The van der Waals surface area contributed by atoms with Gasteiger partial charge in [-0.15, -0.1) is 0 Å². The van der Waals surface area contributed by atoms with Gasteiger partial charge in [-0.3, -0.25) is 4.79 Å². The Kier molecular flexibility index (Phi) is 7.48. The van der Waals surface area contributed by atoms with E-state index in [-0.39, 0.29) is 29.3 Å². The van der Waals surface area contributed by atoms with Crippen LogP contribution in [0.3, 0.4) is 0 Å². The van der Waals surface area contributed by atoms with Gasteiger partial charge in [-0.05, 0) is 30.4 Å². The summed E-state index contributed by atoms with van der Waals surface area (Å²) in [5.41, 5.74) is -1.31. The van der Waals surface area contributed by atoms with E-state index in [0.29, 0.717) is 18.0 Å². The second kappa shape index (κ2) is 10.2. The Hall–Kier alpha value is -3.87. The highest BCUT2D eigenvalue weighted by atomic mass is 32.2.